The summed E-state index contributed by atoms with van der Waals surface area (Å²) in [4.78, 5) is 11.4. The van der Waals surface area contributed by atoms with Crippen LogP contribution in [0.4, 0.5) is 0 Å². The zero-order valence-corrected chi connectivity index (χ0v) is 15.8. The molecule has 0 spiro atoms. The normalized spacial score (nSPS) is 12.5. The van der Waals surface area contributed by atoms with Crippen molar-refractivity contribution in [3.8, 4) is 0 Å². The molecule has 2 N–H and O–H groups in total. The number of esters is 1. The van der Waals surface area contributed by atoms with Gasteiger partial charge >= 0.3 is 126 Å². The number of nitrogens with one attached hydrogen (secondary N) is 2. The summed E-state index contributed by atoms with van der Waals surface area (Å²) in [5.74, 6) is -0.689. The van der Waals surface area contributed by atoms with Gasteiger partial charge in [0.25, 0.3) is 0 Å². The maximum atomic E-state index is 11.4. The van der Waals surface area contributed by atoms with Crippen molar-refractivity contribution in [1.29, 1.82) is 5.41 Å². The van der Waals surface area contributed by atoms with Crippen LogP contribution in [-0.2, 0) is 18.6 Å². The Bertz CT molecular complexity index is 262. The molecule has 0 rings (SSSR count). The monoisotopic (exact) mass is 471 g/mol. The molecule has 3 radical (unpaired) electrons. The van der Waals surface area contributed by atoms with E-state index < -0.39 is 14.3 Å². The Morgan fingerprint density at radius 2 is 1.83 bits per heavy atom. The third-order valence-corrected chi connectivity index (χ3v) is 6.00. The van der Waals surface area contributed by atoms with Crippen LogP contribution in [0.1, 0.15) is 27.2 Å². The van der Waals surface area contributed by atoms with Gasteiger partial charge in [0, 0.05) is 0 Å². The molecule has 0 amide bonds. The molecule has 1 atom stereocenters. The molecule has 1 unspecified atom stereocenters. The summed E-state index contributed by atoms with van der Waals surface area (Å²) >= 11 is 0.745. The first kappa shape index (κ1) is 18.4. The number of rotatable bonds is 10. The third kappa shape index (κ3) is 7.08. The van der Waals surface area contributed by atoms with Crippen molar-refractivity contribution in [1.82, 2.24) is 3.13 Å². The Balaban J connectivity index is 4.45. The molecule has 18 heavy (non-hydrogen) atoms. The summed E-state index contributed by atoms with van der Waals surface area (Å²) in [7, 11) is -1.12. The second-order valence-electron chi connectivity index (χ2n) is 3.18. The van der Waals surface area contributed by atoms with Gasteiger partial charge < -0.3 is 0 Å². The fourth-order valence-electron chi connectivity index (χ4n) is 1.14. The Morgan fingerprint density at radius 1 is 1.28 bits per heavy atom. The van der Waals surface area contributed by atoms with Gasteiger partial charge in [0.1, 0.15) is 0 Å². The van der Waals surface area contributed by atoms with Crippen molar-refractivity contribution < 1.29 is 18.6 Å². The van der Waals surface area contributed by atoms with Gasteiger partial charge in [-0.2, -0.15) is 0 Å². The van der Waals surface area contributed by atoms with Gasteiger partial charge in [-0.15, -0.1) is 0 Å². The summed E-state index contributed by atoms with van der Waals surface area (Å²) in [6.45, 7) is 6.91. The van der Waals surface area contributed by atoms with E-state index in [2.05, 4.69) is 3.13 Å². The molecule has 0 aromatic heterocycles. The van der Waals surface area contributed by atoms with Crippen LogP contribution in [0.2, 0.25) is 0 Å². The van der Waals surface area contributed by atoms with Gasteiger partial charge in [-0.25, -0.2) is 0 Å². The molecule has 0 bridgehead atoms. The van der Waals surface area contributed by atoms with E-state index in [1.807, 2.05) is 13.8 Å². The molecule has 0 fully saturated rings. The molecule has 0 aliphatic heterocycles. The Labute approximate surface area is 126 Å². The molecule has 0 heterocycles. The van der Waals surface area contributed by atoms with Crippen LogP contribution in [0.3, 0.4) is 0 Å². The van der Waals surface area contributed by atoms with Crippen molar-refractivity contribution >= 4 is 46.1 Å². The summed E-state index contributed by atoms with van der Waals surface area (Å²) in [6.07, 6.45) is 0.272. The molecule has 8 heteroatoms. The van der Waals surface area contributed by atoms with Crippen LogP contribution in [0.25, 0.3) is 0 Å². The molecule has 6 nitrogen and oxygen atoms in total. The van der Waals surface area contributed by atoms with E-state index in [1.54, 1.807) is 6.92 Å². The second kappa shape index (κ2) is 11.2. The predicted octanol–water partition coefficient (Wildman–Crippen LogP) is 1.34. The van der Waals surface area contributed by atoms with E-state index in [0.717, 1.165) is 26.1 Å². The third-order valence-electron chi connectivity index (χ3n) is 1.85. The molecular formula is C10H20N2O4PPb. The Morgan fingerprint density at radius 3 is 2.22 bits per heavy atom. The molecule has 0 aromatic carbocycles. The van der Waals surface area contributed by atoms with E-state index in [0.29, 0.717) is 13.2 Å². The van der Waals surface area contributed by atoms with Gasteiger partial charge in [-0.05, 0) is 0 Å². The molecule has 103 valence electrons. The average molecular weight is 470 g/mol. The van der Waals surface area contributed by atoms with E-state index >= 15 is 0 Å². The molecule has 0 aliphatic rings. The van der Waals surface area contributed by atoms with Crippen LogP contribution >= 0.6 is 8.38 Å². The number of hydrogen-bond acceptors (Lipinski definition) is 6. The molecule has 0 saturated carbocycles. The molecule has 0 aliphatic carbocycles. The van der Waals surface area contributed by atoms with Crippen LogP contribution in [0.15, 0.2) is 0 Å². The Kier molecular flexibility index (Phi) is 11.5. The summed E-state index contributed by atoms with van der Waals surface area (Å²) in [5.41, 5.74) is -0.0443. The van der Waals surface area contributed by atoms with Crippen molar-refractivity contribution in [2.24, 2.45) is 0 Å². The Hall–Kier alpha value is 0.372. The molecular weight excluding hydrogens is 450 g/mol. The predicted molar refractivity (Wildman–Crippen MR) is 71.8 cm³/mol. The number of hydrogen-bond donors (Lipinski definition) is 2. The minimum atomic E-state index is -1.12. The van der Waals surface area contributed by atoms with Gasteiger partial charge in [0.15, 0.2) is 0 Å². The zero-order chi connectivity index (χ0) is 14.0. The first-order chi connectivity index (χ1) is 8.60. The second-order valence-corrected chi connectivity index (χ2v) is 6.02. The van der Waals surface area contributed by atoms with Gasteiger partial charge in [0.2, 0.25) is 0 Å². The van der Waals surface area contributed by atoms with Crippen LogP contribution < -0.4 is 3.13 Å². The maximum absolute atomic E-state index is 11.4. The van der Waals surface area contributed by atoms with Gasteiger partial charge in [0.05, 0.1) is 0 Å². The van der Waals surface area contributed by atoms with Crippen LogP contribution in [-0.4, -0.2) is 63.4 Å². The summed E-state index contributed by atoms with van der Waals surface area (Å²) in [6, 6.07) is 0. The fraction of sp³-hybridized carbons (Fsp3) is 0.800. The number of carbonyl (C=O) groups is 1. The topological polar surface area (TPSA) is 80.6 Å². The van der Waals surface area contributed by atoms with Gasteiger partial charge in [-0.1, -0.05) is 0 Å². The summed E-state index contributed by atoms with van der Waals surface area (Å²) < 4.78 is 19.0. The standard InChI is InChI=1S/C10H20N2O4P.Pb/c1-4-14-10(13)8(11)7-9(12)17(15-5-2)16-6-3;/h9,11-12H,4-7H2,1-3H3;/q-1;+1. The van der Waals surface area contributed by atoms with E-state index in [4.69, 9.17) is 19.2 Å². The van der Waals surface area contributed by atoms with Crippen molar-refractivity contribution in [2.45, 2.75) is 33.0 Å². The first-order valence-corrected chi connectivity index (χ1v) is 9.01. The molecule has 0 saturated heterocycles. The minimum absolute atomic E-state index is 0.0443. The van der Waals surface area contributed by atoms with E-state index in [1.165, 1.54) is 0 Å². The first-order valence-electron chi connectivity index (χ1n) is 5.82. The zero-order valence-electron chi connectivity index (χ0n) is 11.0. The van der Waals surface area contributed by atoms with E-state index in [-0.39, 0.29) is 24.5 Å². The molecule has 0 aromatic rings. The van der Waals surface area contributed by atoms with Crippen molar-refractivity contribution in [3.63, 3.8) is 0 Å². The summed E-state index contributed by atoms with van der Waals surface area (Å²) in [5, 5.41) is 7.69. The number of ether oxygens (including phenoxy) is 1. The van der Waals surface area contributed by atoms with Crippen molar-refractivity contribution in [3.05, 3.63) is 0 Å². The van der Waals surface area contributed by atoms with Crippen LogP contribution in [0, 0.1) is 5.41 Å². The van der Waals surface area contributed by atoms with Gasteiger partial charge in [-0.3, -0.25) is 0 Å². The number of carbonyl (C=O) groups excluding carboxylic acids is 1. The quantitative estimate of drug-likeness (QED) is 0.218. The van der Waals surface area contributed by atoms with E-state index in [9.17, 15) is 4.79 Å². The fourth-order valence-corrected chi connectivity index (χ4v) is 4.15. The van der Waals surface area contributed by atoms with Crippen LogP contribution in [0.5, 0.6) is 0 Å². The average Bonchev–Trinajstić information content (AvgIpc) is 2.35. The van der Waals surface area contributed by atoms with Crippen molar-refractivity contribution in [2.75, 3.05) is 19.8 Å². The SMILES string of the molecule is CCOC(=O)C(=N)CC([NH][Pb])P(OCC)OCC.